The number of rotatable bonds is 3. The zero-order chi connectivity index (χ0) is 12.4. The summed E-state index contributed by atoms with van der Waals surface area (Å²) < 4.78 is 14.5. The summed E-state index contributed by atoms with van der Waals surface area (Å²) in [7, 11) is 0. The molecule has 5 heteroatoms. The summed E-state index contributed by atoms with van der Waals surface area (Å²) in [5.74, 6) is -0.208. The highest BCUT2D eigenvalue weighted by Crippen LogP contribution is 2.35. The number of aryl methyl sites for hydroxylation is 1. The van der Waals surface area contributed by atoms with Crippen molar-refractivity contribution in [2.75, 3.05) is 0 Å². The Labute approximate surface area is 108 Å². The number of thiazole rings is 1. The molecule has 0 saturated heterocycles. The Kier molecular flexibility index (Phi) is 3.81. The van der Waals surface area contributed by atoms with Gasteiger partial charge in [0.05, 0.1) is 0 Å². The molecule has 1 aromatic heterocycles. The van der Waals surface area contributed by atoms with E-state index in [-0.39, 0.29) is 11.9 Å². The highest BCUT2D eigenvalue weighted by Gasteiger charge is 2.12. The van der Waals surface area contributed by atoms with Crippen LogP contribution < -0.4 is 5.73 Å². The number of nitrogens with zero attached hydrogens (tertiary/aromatic N) is 1. The Morgan fingerprint density at radius 1 is 1.47 bits per heavy atom. The first-order valence-electron chi connectivity index (χ1n) is 5.21. The molecule has 2 aromatic rings. The third kappa shape index (κ3) is 2.86. The normalized spacial score (nSPS) is 12.7. The molecule has 1 atom stereocenters. The van der Waals surface area contributed by atoms with Gasteiger partial charge >= 0.3 is 0 Å². The van der Waals surface area contributed by atoms with Crippen LogP contribution in [0.15, 0.2) is 32.9 Å². The van der Waals surface area contributed by atoms with Crippen LogP contribution in [0.3, 0.4) is 0 Å². The Morgan fingerprint density at radius 2 is 2.24 bits per heavy atom. The summed E-state index contributed by atoms with van der Waals surface area (Å²) in [6.07, 6.45) is 1.76. The summed E-state index contributed by atoms with van der Waals surface area (Å²) in [4.78, 5) is 5.19. The number of halogens is 1. The van der Waals surface area contributed by atoms with Crippen LogP contribution in [0.5, 0.6) is 0 Å². The van der Waals surface area contributed by atoms with E-state index in [1.807, 2.05) is 18.4 Å². The monoisotopic (exact) mass is 268 g/mol. The predicted molar refractivity (Wildman–Crippen MR) is 70.0 cm³/mol. The lowest BCUT2D eigenvalue weighted by atomic mass is 10.1. The van der Waals surface area contributed by atoms with Crippen molar-refractivity contribution in [3.8, 4) is 0 Å². The van der Waals surface area contributed by atoms with Crippen molar-refractivity contribution in [1.29, 1.82) is 0 Å². The van der Waals surface area contributed by atoms with Crippen LogP contribution >= 0.6 is 23.1 Å². The van der Waals surface area contributed by atoms with Gasteiger partial charge in [0.1, 0.15) is 5.82 Å². The van der Waals surface area contributed by atoms with Crippen LogP contribution in [0.1, 0.15) is 24.1 Å². The van der Waals surface area contributed by atoms with E-state index in [2.05, 4.69) is 4.98 Å². The average Bonchev–Trinajstić information content (AvgIpc) is 2.75. The summed E-state index contributed by atoms with van der Waals surface area (Å²) >= 11 is 3.10. The SMILES string of the molecule is Cc1cc(Sc2nccs2)c([C@@H](C)N)cc1F. The van der Waals surface area contributed by atoms with Gasteiger partial charge in [0, 0.05) is 22.5 Å². The van der Waals surface area contributed by atoms with Crippen LogP contribution in [-0.2, 0) is 0 Å². The summed E-state index contributed by atoms with van der Waals surface area (Å²) in [5.41, 5.74) is 7.33. The zero-order valence-electron chi connectivity index (χ0n) is 9.61. The number of hydrogen-bond donors (Lipinski definition) is 1. The highest BCUT2D eigenvalue weighted by atomic mass is 32.2. The van der Waals surface area contributed by atoms with E-state index >= 15 is 0 Å². The molecule has 2 rings (SSSR count). The second-order valence-corrected chi connectivity index (χ2v) is 6.01. The largest absolute Gasteiger partial charge is 0.324 e. The van der Waals surface area contributed by atoms with E-state index in [0.717, 1.165) is 14.8 Å². The third-order valence-corrected chi connectivity index (χ3v) is 4.35. The van der Waals surface area contributed by atoms with Gasteiger partial charge in [-0.2, -0.15) is 0 Å². The van der Waals surface area contributed by atoms with Gasteiger partial charge in [-0.3, -0.25) is 0 Å². The Hall–Kier alpha value is -0.910. The number of benzene rings is 1. The van der Waals surface area contributed by atoms with Crippen LogP contribution in [0, 0.1) is 12.7 Å². The molecular formula is C12H13FN2S2. The van der Waals surface area contributed by atoms with Gasteiger partial charge in [-0.05, 0) is 37.1 Å². The van der Waals surface area contributed by atoms with Gasteiger partial charge < -0.3 is 5.73 Å². The molecular weight excluding hydrogens is 255 g/mol. The fraction of sp³-hybridized carbons (Fsp3) is 0.250. The molecule has 90 valence electrons. The van der Waals surface area contributed by atoms with Crippen LogP contribution in [-0.4, -0.2) is 4.98 Å². The number of aromatic nitrogens is 1. The molecule has 1 aromatic carbocycles. The molecule has 0 aliphatic heterocycles. The topological polar surface area (TPSA) is 38.9 Å². The first-order chi connectivity index (χ1) is 8.08. The minimum absolute atomic E-state index is 0.187. The molecule has 0 spiro atoms. The number of nitrogens with two attached hydrogens (primary N) is 1. The third-order valence-electron chi connectivity index (χ3n) is 2.39. The van der Waals surface area contributed by atoms with Crippen molar-refractivity contribution in [2.24, 2.45) is 5.73 Å². The first-order valence-corrected chi connectivity index (χ1v) is 6.90. The van der Waals surface area contributed by atoms with Gasteiger partial charge in [0.15, 0.2) is 4.34 Å². The van der Waals surface area contributed by atoms with Gasteiger partial charge in [-0.15, -0.1) is 11.3 Å². The molecule has 0 aliphatic carbocycles. The average molecular weight is 268 g/mol. The molecule has 0 radical (unpaired) electrons. The molecule has 0 saturated carbocycles. The molecule has 2 nitrogen and oxygen atoms in total. The smallest absolute Gasteiger partial charge is 0.154 e. The Bertz CT molecular complexity index is 509. The molecule has 0 fully saturated rings. The lowest BCUT2D eigenvalue weighted by Gasteiger charge is -2.12. The standard InChI is InChI=1S/C12H13FN2S2/c1-7-5-11(17-12-15-3-4-16-12)9(8(2)14)6-10(7)13/h3-6,8H,14H2,1-2H3/t8-/m1/s1. The van der Waals surface area contributed by atoms with Crippen LogP contribution in [0.2, 0.25) is 0 Å². The van der Waals surface area contributed by atoms with E-state index in [9.17, 15) is 4.39 Å². The quantitative estimate of drug-likeness (QED) is 0.921. The van der Waals surface area contributed by atoms with Crippen molar-refractivity contribution in [3.63, 3.8) is 0 Å². The van der Waals surface area contributed by atoms with Gasteiger partial charge in [0.2, 0.25) is 0 Å². The fourth-order valence-corrected chi connectivity index (χ4v) is 3.36. The summed E-state index contributed by atoms with van der Waals surface area (Å²) in [5, 5.41) is 1.92. The summed E-state index contributed by atoms with van der Waals surface area (Å²) in [6.45, 7) is 3.61. The lowest BCUT2D eigenvalue weighted by Crippen LogP contribution is -2.07. The van der Waals surface area contributed by atoms with Gasteiger partial charge in [-0.25, -0.2) is 9.37 Å². The molecule has 0 unspecified atom stereocenters. The maximum atomic E-state index is 13.5. The van der Waals surface area contributed by atoms with Crippen molar-refractivity contribution in [1.82, 2.24) is 4.98 Å². The minimum Gasteiger partial charge on any atom is -0.324 e. The van der Waals surface area contributed by atoms with E-state index in [0.29, 0.717) is 5.56 Å². The Morgan fingerprint density at radius 3 is 2.82 bits per heavy atom. The molecule has 0 aliphatic rings. The molecule has 0 bridgehead atoms. The summed E-state index contributed by atoms with van der Waals surface area (Å²) in [6, 6.07) is 3.17. The number of hydrogen-bond acceptors (Lipinski definition) is 4. The minimum atomic E-state index is -0.208. The van der Waals surface area contributed by atoms with E-state index in [4.69, 9.17) is 5.73 Å². The first kappa shape index (κ1) is 12.5. The maximum absolute atomic E-state index is 13.5. The second-order valence-electron chi connectivity index (χ2n) is 3.83. The Balaban J connectivity index is 2.41. The molecule has 1 heterocycles. The van der Waals surface area contributed by atoms with Crippen molar-refractivity contribution < 1.29 is 4.39 Å². The second kappa shape index (κ2) is 5.16. The highest BCUT2D eigenvalue weighted by molar-refractivity contribution is 8.01. The van der Waals surface area contributed by atoms with E-state index in [1.54, 1.807) is 24.5 Å². The van der Waals surface area contributed by atoms with Crippen molar-refractivity contribution in [3.05, 3.63) is 40.7 Å². The maximum Gasteiger partial charge on any atom is 0.154 e. The fourth-order valence-electron chi connectivity index (χ4n) is 1.47. The van der Waals surface area contributed by atoms with E-state index in [1.165, 1.54) is 17.8 Å². The van der Waals surface area contributed by atoms with Gasteiger partial charge in [-0.1, -0.05) is 11.8 Å². The van der Waals surface area contributed by atoms with Crippen LogP contribution in [0.25, 0.3) is 0 Å². The predicted octanol–water partition coefficient (Wildman–Crippen LogP) is 3.76. The van der Waals surface area contributed by atoms with Crippen molar-refractivity contribution in [2.45, 2.75) is 29.1 Å². The van der Waals surface area contributed by atoms with Gasteiger partial charge in [0.25, 0.3) is 0 Å². The molecule has 17 heavy (non-hydrogen) atoms. The zero-order valence-corrected chi connectivity index (χ0v) is 11.2. The molecule has 0 amide bonds. The van der Waals surface area contributed by atoms with E-state index < -0.39 is 0 Å². The molecule has 2 N–H and O–H groups in total. The van der Waals surface area contributed by atoms with Crippen LogP contribution in [0.4, 0.5) is 4.39 Å². The van der Waals surface area contributed by atoms with Crippen molar-refractivity contribution >= 4 is 23.1 Å². The lowest BCUT2D eigenvalue weighted by molar-refractivity contribution is 0.610.